The van der Waals surface area contributed by atoms with Crippen molar-refractivity contribution in [1.29, 1.82) is 0 Å². The third-order valence-corrected chi connectivity index (χ3v) is 7.48. The Kier molecular flexibility index (Phi) is 4.79. The van der Waals surface area contributed by atoms with Crippen molar-refractivity contribution in [2.24, 2.45) is 5.92 Å². The minimum atomic E-state index is -0.356. The summed E-state index contributed by atoms with van der Waals surface area (Å²) in [5, 5.41) is 0. The predicted octanol–water partition coefficient (Wildman–Crippen LogP) is 4.56. The average Bonchev–Trinajstić information content (AvgIpc) is 3.31. The van der Waals surface area contributed by atoms with Crippen LogP contribution in [0, 0.1) is 11.7 Å². The van der Waals surface area contributed by atoms with Crippen LogP contribution < -0.4 is 4.90 Å². The van der Waals surface area contributed by atoms with Gasteiger partial charge in [-0.3, -0.25) is 14.6 Å². The zero-order chi connectivity index (χ0) is 20.0. The van der Waals surface area contributed by atoms with E-state index < -0.39 is 0 Å². The first-order chi connectivity index (χ1) is 14.0. The molecule has 1 aromatic carbocycles. The summed E-state index contributed by atoms with van der Waals surface area (Å²) in [5.41, 5.74) is 3.55. The lowest BCUT2D eigenvalue weighted by Crippen LogP contribution is -2.56. The number of carbonyl (C=O) groups excluding carboxylic acids is 1. The highest BCUT2D eigenvalue weighted by molar-refractivity contribution is 7.09. The van der Waals surface area contributed by atoms with Gasteiger partial charge < -0.3 is 0 Å². The summed E-state index contributed by atoms with van der Waals surface area (Å²) in [5.74, 6) is 0.481. The Hall–Kier alpha value is -2.05. The molecule has 1 aliphatic carbocycles. The third kappa shape index (κ3) is 3.64. The number of piperidine rings is 1. The summed E-state index contributed by atoms with van der Waals surface area (Å²) in [7, 11) is 0. The Morgan fingerprint density at radius 1 is 1.34 bits per heavy atom. The van der Waals surface area contributed by atoms with Crippen LogP contribution in [0.5, 0.6) is 0 Å². The summed E-state index contributed by atoms with van der Waals surface area (Å²) >= 11 is 1.77. The predicted molar refractivity (Wildman–Crippen MR) is 113 cm³/mol. The van der Waals surface area contributed by atoms with Gasteiger partial charge in [0.15, 0.2) is 0 Å². The summed E-state index contributed by atoms with van der Waals surface area (Å²) in [6.07, 6.45) is 9.21. The van der Waals surface area contributed by atoms with Crippen molar-refractivity contribution in [3.8, 4) is 0 Å². The number of thiazole rings is 1. The van der Waals surface area contributed by atoms with Crippen LogP contribution in [0.3, 0.4) is 0 Å². The highest BCUT2D eigenvalue weighted by Crippen LogP contribution is 2.41. The summed E-state index contributed by atoms with van der Waals surface area (Å²) in [4.78, 5) is 23.0. The minimum absolute atomic E-state index is 0.0505. The van der Waals surface area contributed by atoms with Crippen molar-refractivity contribution in [3.63, 3.8) is 0 Å². The fourth-order valence-corrected chi connectivity index (χ4v) is 5.67. The molecule has 152 valence electrons. The monoisotopic (exact) mass is 411 g/mol. The number of aromatic nitrogens is 1. The van der Waals surface area contributed by atoms with Crippen LogP contribution in [0.2, 0.25) is 0 Å². The molecule has 2 atom stereocenters. The molecule has 0 radical (unpaired) electrons. The fourth-order valence-electron chi connectivity index (χ4n) is 4.85. The highest BCUT2D eigenvalue weighted by Gasteiger charge is 2.46. The standard InChI is InChI=1S/C23H26FN3OS/c1-16-13-23(8-7-22(28)27(23)19-4-2-3-18(24)12-19)9-10-26(16)14-21-20(25-15-29-21)11-17-5-6-17/h2-4,7-8,12,15-17H,5-6,9-11,13-14H2,1H3/t16-,23+/m0/s1. The maximum atomic E-state index is 13.8. The van der Waals surface area contributed by atoms with E-state index in [1.807, 2.05) is 17.7 Å². The maximum absolute atomic E-state index is 13.8. The van der Waals surface area contributed by atoms with Crippen LogP contribution in [0.4, 0.5) is 10.1 Å². The smallest absolute Gasteiger partial charge is 0.251 e. The van der Waals surface area contributed by atoms with Gasteiger partial charge in [-0.2, -0.15) is 0 Å². The molecule has 1 amide bonds. The molecule has 4 nitrogen and oxygen atoms in total. The van der Waals surface area contributed by atoms with E-state index in [4.69, 9.17) is 0 Å². The number of nitrogens with zero attached hydrogens (tertiary/aromatic N) is 3. The van der Waals surface area contributed by atoms with Crippen LogP contribution in [-0.4, -0.2) is 33.9 Å². The van der Waals surface area contributed by atoms with Crippen molar-refractivity contribution in [2.45, 2.75) is 57.2 Å². The van der Waals surface area contributed by atoms with Gasteiger partial charge in [0, 0.05) is 35.8 Å². The first-order valence-corrected chi connectivity index (χ1v) is 11.4. The zero-order valence-electron chi connectivity index (χ0n) is 16.7. The van der Waals surface area contributed by atoms with Crippen molar-refractivity contribution >= 4 is 22.9 Å². The molecule has 5 rings (SSSR count). The van der Waals surface area contributed by atoms with Crippen molar-refractivity contribution in [3.05, 3.63) is 58.3 Å². The summed E-state index contributed by atoms with van der Waals surface area (Å²) in [6, 6.07) is 6.71. The molecule has 0 N–H and O–H groups in total. The molecule has 1 saturated carbocycles. The fraction of sp³-hybridized carbons (Fsp3) is 0.478. The molecular weight excluding hydrogens is 385 g/mol. The Labute approximate surface area is 175 Å². The zero-order valence-corrected chi connectivity index (χ0v) is 17.5. The van der Waals surface area contributed by atoms with Gasteiger partial charge in [-0.15, -0.1) is 11.3 Å². The first-order valence-electron chi connectivity index (χ1n) is 10.5. The average molecular weight is 412 g/mol. The number of carbonyl (C=O) groups is 1. The van der Waals surface area contributed by atoms with E-state index in [1.54, 1.807) is 28.4 Å². The Morgan fingerprint density at radius 3 is 2.97 bits per heavy atom. The number of halogens is 1. The summed E-state index contributed by atoms with van der Waals surface area (Å²) < 4.78 is 13.8. The first kappa shape index (κ1) is 18.9. The number of likely N-dealkylation sites (tertiary alicyclic amines) is 1. The van der Waals surface area contributed by atoms with Gasteiger partial charge >= 0.3 is 0 Å². The molecule has 1 saturated heterocycles. The molecule has 2 aromatic rings. The molecular formula is C23H26FN3OS. The quantitative estimate of drug-likeness (QED) is 0.724. The Balaban J connectivity index is 1.33. The molecule has 1 spiro atoms. The maximum Gasteiger partial charge on any atom is 0.251 e. The number of hydrogen-bond acceptors (Lipinski definition) is 4. The van der Waals surface area contributed by atoms with Gasteiger partial charge in [-0.1, -0.05) is 12.1 Å². The SMILES string of the molecule is C[C@H]1C[C@@]2(C=CC(=O)N2c2cccc(F)c2)CCN1Cc1scnc1CC1CC1. The van der Waals surface area contributed by atoms with Crippen molar-refractivity contribution in [1.82, 2.24) is 9.88 Å². The summed E-state index contributed by atoms with van der Waals surface area (Å²) in [6.45, 7) is 4.08. The van der Waals surface area contributed by atoms with Crippen LogP contribution in [0.1, 0.15) is 43.2 Å². The van der Waals surface area contributed by atoms with E-state index >= 15 is 0 Å². The number of rotatable bonds is 5. The molecule has 2 aliphatic heterocycles. The van der Waals surface area contributed by atoms with E-state index in [1.165, 1.54) is 35.5 Å². The van der Waals surface area contributed by atoms with Gasteiger partial charge in [0.05, 0.1) is 16.7 Å². The molecule has 0 bridgehead atoms. The van der Waals surface area contributed by atoms with Crippen LogP contribution in [0.25, 0.3) is 0 Å². The molecule has 3 heterocycles. The second kappa shape index (κ2) is 7.33. The molecule has 1 aromatic heterocycles. The van der Waals surface area contributed by atoms with E-state index in [2.05, 4.69) is 16.8 Å². The Bertz CT molecular complexity index is 953. The largest absolute Gasteiger partial charge is 0.299 e. The second-order valence-corrected chi connectivity index (χ2v) is 9.67. The number of hydrogen-bond donors (Lipinski definition) is 0. The number of benzene rings is 1. The normalized spacial score (nSPS) is 27.3. The highest BCUT2D eigenvalue weighted by atomic mass is 32.1. The molecule has 2 fully saturated rings. The van der Waals surface area contributed by atoms with Crippen LogP contribution in [-0.2, 0) is 17.8 Å². The minimum Gasteiger partial charge on any atom is -0.299 e. The number of anilines is 1. The Morgan fingerprint density at radius 2 is 2.21 bits per heavy atom. The lowest BCUT2D eigenvalue weighted by molar-refractivity contribution is -0.114. The van der Waals surface area contributed by atoms with E-state index in [9.17, 15) is 9.18 Å². The third-order valence-electron chi connectivity index (χ3n) is 6.62. The van der Waals surface area contributed by atoms with Gasteiger partial charge in [0.2, 0.25) is 0 Å². The van der Waals surface area contributed by atoms with Crippen LogP contribution >= 0.6 is 11.3 Å². The topological polar surface area (TPSA) is 36.4 Å². The molecule has 29 heavy (non-hydrogen) atoms. The van der Waals surface area contributed by atoms with Crippen molar-refractivity contribution in [2.75, 3.05) is 11.4 Å². The lowest BCUT2D eigenvalue weighted by Gasteiger charge is -2.47. The lowest BCUT2D eigenvalue weighted by atomic mass is 9.83. The van der Waals surface area contributed by atoms with E-state index in [0.717, 1.165) is 38.3 Å². The molecule has 6 heteroatoms. The molecule has 3 aliphatic rings. The van der Waals surface area contributed by atoms with Gasteiger partial charge in [-0.05, 0) is 63.1 Å². The van der Waals surface area contributed by atoms with Gasteiger partial charge in [-0.25, -0.2) is 9.37 Å². The van der Waals surface area contributed by atoms with E-state index in [-0.39, 0.29) is 17.3 Å². The van der Waals surface area contributed by atoms with Crippen LogP contribution in [0.15, 0.2) is 41.9 Å². The van der Waals surface area contributed by atoms with Gasteiger partial charge in [0.25, 0.3) is 5.91 Å². The van der Waals surface area contributed by atoms with E-state index in [0.29, 0.717) is 11.7 Å². The van der Waals surface area contributed by atoms with Crippen molar-refractivity contribution < 1.29 is 9.18 Å². The second-order valence-electron chi connectivity index (χ2n) is 8.73. The number of amides is 1. The molecule has 0 unspecified atom stereocenters. The van der Waals surface area contributed by atoms with Gasteiger partial charge in [0.1, 0.15) is 5.82 Å².